The molecule has 26 valence electrons. The van der Waals surface area contributed by atoms with Gasteiger partial charge in [-0.3, -0.25) is 0 Å². The van der Waals surface area contributed by atoms with Crippen molar-refractivity contribution in [2.45, 2.75) is 0 Å². The van der Waals surface area contributed by atoms with Crippen LogP contribution in [0.3, 0.4) is 0 Å². The average molecular weight is 711 g/mol. The van der Waals surface area contributed by atoms with Crippen LogP contribution in [0.15, 0.2) is 0 Å². The molecule has 0 amide bonds. The van der Waals surface area contributed by atoms with Gasteiger partial charge in [-0.15, -0.1) is 0 Å². The molecule has 0 atom stereocenters. The third kappa shape index (κ3) is 37.5. The molecule has 0 aliphatic rings. The first kappa shape index (κ1) is 41.9. The van der Waals surface area contributed by atoms with Crippen molar-refractivity contribution >= 4 is 113 Å². The Balaban J connectivity index is -0.000000000500. The van der Waals surface area contributed by atoms with Crippen molar-refractivity contribution in [2.24, 2.45) is 0 Å². The van der Waals surface area contributed by atoms with Crippen LogP contribution in [0, 0.1) is 0 Å². The van der Waals surface area contributed by atoms with Crippen molar-refractivity contribution in [1.29, 1.82) is 0 Å². The largest absolute Gasteiger partial charge is 0 e. The van der Waals surface area contributed by atoms with Crippen molar-refractivity contribution in [2.75, 3.05) is 0 Å². The monoisotopic (exact) mass is 716 g/mol. The summed E-state index contributed by atoms with van der Waals surface area (Å²) in [6.07, 6.45) is 0. The molecular formula is CdGaGeInOPbSn. The quantitative estimate of drug-likeness (QED) is 0.266. The maximum atomic E-state index is 8.39. The van der Waals surface area contributed by atoms with Gasteiger partial charge in [0.05, 0.1) is 0 Å². The first-order valence-electron chi connectivity index (χ1n) is 0.204. The van der Waals surface area contributed by atoms with Gasteiger partial charge in [0, 0.05) is 114 Å². The van der Waals surface area contributed by atoms with Gasteiger partial charge < -0.3 is 0 Å². The van der Waals surface area contributed by atoms with Crippen molar-refractivity contribution in [1.82, 2.24) is 0 Å². The van der Waals surface area contributed by atoms with Gasteiger partial charge in [0.25, 0.3) is 0 Å². The Hall–Kier alpha value is 4.49. The Morgan fingerprint density at radius 2 is 1.14 bits per heavy atom. The zero-order valence-electron chi connectivity index (χ0n) is 3.77. The molecule has 1 nitrogen and oxygen atoms in total. The van der Waals surface area contributed by atoms with Crippen molar-refractivity contribution in [3.63, 3.8) is 0 Å². The Labute approximate surface area is 139 Å². The van der Waals surface area contributed by atoms with E-state index in [-0.39, 0.29) is 140 Å². The van der Waals surface area contributed by atoms with Gasteiger partial charge in [-0.05, 0) is 0 Å². The van der Waals surface area contributed by atoms with Crippen LogP contribution in [-0.2, 0) is 30.0 Å². The van der Waals surface area contributed by atoms with Crippen LogP contribution >= 0.6 is 0 Å². The molecule has 0 N–H and O–H groups in total. The predicted molar refractivity (Wildman–Crippen MR) is 29.5 cm³/mol. The summed E-state index contributed by atoms with van der Waals surface area (Å²) in [5.41, 5.74) is 0. The van der Waals surface area contributed by atoms with Crippen LogP contribution in [-0.4, -0.2) is 113 Å². The molecule has 0 rings (SSSR count). The molecule has 0 aromatic heterocycles. The molecule has 0 saturated heterocycles. The summed E-state index contributed by atoms with van der Waals surface area (Å²) in [5, 5.41) is 0. The molecule has 0 fully saturated rings. The van der Waals surface area contributed by atoms with Crippen LogP contribution in [0.2, 0.25) is 0 Å². The summed E-state index contributed by atoms with van der Waals surface area (Å²) in [5.74, 6) is 0. The molecule has 7 heteroatoms. The third-order valence-electron chi connectivity index (χ3n) is 0. The van der Waals surface area contributed by atoms with Crippen LogP contribution in [0.1, 0.15) is 0 Å². The van der Waals surface area contributed by atoms with Gasteiger partial charge >= 0.3 is 28.5 Å². The van der Waals surface area contributed by atoms with Crippen LogP contribution in [0.4, 0.5) is 0 Å². The first-order chi connectivity index (χ1) is 1.00. The van der Waals surface area contributed by atoms with Crippen molar-refractivity contribution in [3.8, 4) is 0 Å². The summed E-state index contributed by atoms with van der Waals surface area (Å²) in [7, 11) is 0. The predicted octanol–water partition coefficient (Wildman–Crippen LogP) is -2.03. The van der Waals surface area contributed by atoms with E-state index in [4.69, 9.17) is 2.69 Å². The van der Waals surface area contributed by atoms with E-state index in [1.807, 2.05) is 0 Å². The molecule has 0 spiro atoms. The second-order valence-corrected chi connectivity index (χ2v) is 0. The molecule has 0 aliphatic heterocycles. The Morgan fingerprint density at radius 3 is 1.14 bits per heavy atom. The summed E-state index contributed by atoms with van der Waals surface area (Å²) in [6, 6.07) is 0. The first-order valence-corrected chi connectivity index (χ1v) is 1.79. The fraction of sp³-hybridized carbons (Fsp3) is 0. The van der Waals surface area contributed by atoms with E-state index in [1.165, 1.54) is 0 Å². The summed E-state index contributed by atoms with van der Waals surface area (Å²) >= 11 is 0.0556. The van der Waals surface area contributed by atoms with Gasteiger partial charge in [0.2, 0.25) is 0 Å². The fourth-order valence-electron chi connectivity index (χ4n) is 0. The maximum Gasteiger partial charge on any atom is 0 e. The molecule has 0 bridgehead atoms. The third-order valence-corrected chi connectivity index (χ3v) is 0. The van der Waals surface area contributed by atoms with Gasteiger partial charge in [-0.1, -0.05) is 0 Å². The van der Waals surface area contributed by atoms with Gasteiger partial charge in [0.1, 0.15) is 0 Å². The minimum absolute atomic E-state index is 0. The molecular weight excluding hydrogens is 711 g/mol. The van der Waals surface area contributed by atoms with E-state index >= 15 is 0 Å². The Bertz CT molecular complexity index is 19.7. The van der Waals surface area contributed by atoms with Crippen LogP contribution < -0.4 is 0 Å². The summed E-state index contributed by atoms with van der Waals surface area (Å²) in [6.45, 7) is 0. The average Bonchev–Trinajstić information content (AvgIpc) is 1.00. The van der Waals surface area contributed by atoms with Gasteiger partial charge in [-0.25, -0.2) is 0 Å². The molecule has 0 saturated carbocycles. The number of rotatable bonds is 0. The van der Waals surface area contributed by atoms with Crippen LogP contribution in [0.25, 0.3) is 0 Å². The molecule has 0 unspecified atom stereocenters. The molecule has 0 heterocycles. The van der Waals surface area contributed by atoms with Gasteiger partial charge in [-0.2, -0.15) is 0 Å². The number of hydrogen-bond donors (Lipinski definition) is 0. The van der Waals surface area contributed by atoms with Crippen LogP contribution in [0.5, 0.6) is 0 Å². The second kappa shape index (κ2) is 46.8. The topological polar surface area (TPSA) is 17.1 Å². The van der Waals surface area contributed by atoms with E-state index in [0.717, 1.165) is 0 Å². The van der Waals surface area contributed by atoms with E-state index in [9.17, 15) is 0 Å². The van der Waals surface area contributed by atoms with E-state index in [0.29, 0.717) is 0 Å². The second-order valence-electron chi connectivity index (χ2n) is 0. The minimum Gasteiger partial charge on any atom is 0 e. The standard InChI is InChI=1S/Cd.Ga.Ge.In.O.Pb.Sn. The van der Waals surface area contributed by atoms with Crippen molar-refractivity contribution < 1.29 is 30.0 Å². The number of hydrogen-bond acceptors (Lipinski definition) is 1. The maximum absolute atomic E-state index is 8.39. The molecule has 0 aromatic carbocycles. The van der Waals surface area contributed by atoms with Crippen molar-refractivity contribution in [3.05, 3.63) is 0 Å². The molecule has 16 radical (unpaired) electrons. The summed E-state index contributed by atoms with van der Waals surface area (Å²) in [4.78, 5) is 0. The van der Waals surface area contributed by atoms with E-state index in [2.05, 4.69) is 0 Å². The normalized spacial score (nSPS) is 0.571. The molecule has 7 heavy (non-hydrogen) atoms. The van der Waals surface area contributed by atoms with Gasteiger partial charge in [0.15, 0.2) is 0 Å². The van der Waals surface area contributed by atoms with E-state index in [1.54, 1.807) is 0 Å². The SMILES string of the molecule is [Cd].[Ga].[Ge].[In].[O]=[Pb].[Sn]. The zero-order chi connectivity index (χ0) is 2.00. The molecule has 0 aliphatic carbocycles. The Kier molecular flexibility index (Phi) is 281. The Morgan fingerprint density at radius 1 is 1.14 bits per heavy atom. The zero-order valence-corrected chi connectivity index (χ0v) is 22.4. The smallest absolute Gasteiger partial charge is 0 e. The fourth-order valence-corrected chi connectivity index (χ4v) is 0. The summed E-state index contributed by atoms with van der Waals surface area (Å²) < 4.78 is 8.39. The minimum atomic E-state index is 0. The van der Waals surface area contributed by atoms with E-state index < -0.39 is 0 Å². The molecule has 0 aromatic rings.